The molecular weight excluding hydrogens is 338 g/mol. The summed E-state index contributed by atoms with van der Waals surface area (Å²) in [6.45, 7) is 2.05. The molecule has 2 aromatic carbocycles. The largest absolute Gasteiger partial charge is 0.350 e. The molecule has 0 aliphatic carbocycles. The second-order valence-electron chi connectivity index (χ2n) is 5.59. The summed E-state index contributed by atoms with van der Waals surface area (Å²) < 4.78 is 25.3. The molecule has 0 saturated heterocycles. The lowest BCUT2D eigenvalue weighted by molar-refractivity contribution is 0.0954. The average Bonchev–Trinajstić information content (AvgIpc) is 2.57. The Morgan fingerprint density at radius 2 is 1.92 bits per heavy atom. The number of nitrogens with one attached hydrogen (secondary N) is 1. The van der Waals surface area contributed by atoms with E-state index in [9.17, 15) is 18.5 Å². The molecular formula is C18H19N3O3S. The van der Waals surface area contributed by atoms with Crippen LogP contribution in [0.3, 0.4) is 0 Å². The second kappa shape index (κ2) is 7.81. The number of carbonyl (C=O) groups is 1. The summed E-state index contributed by atoms with van der Waals surface area (Å²) in [7, 11) is -3.59. The van der Waals surface area contributed by atoms with Gasteiger partial charge in [0.25, 0.3) is 5.91 Å². The van der Waals surface area contributed by atoms with Gasteiger partial charge >= 0.3 is 0 Å². The molecule has 0 heterocycles. The zero-order chi connectivity index (χ0) is 18.4. The minimum absolute atomic E-state index is 0.0368. The van der Waals surface area contributed by atoms with Crippen LogP contribution in [-0.2, 0) is 10.0 Å². The maximum atomic E-state index is 12.2. The lowest BCUT2D eigenvalue weighted by Crippen LogP contribution is -2.38. The van der Waals surface area contributed by atoms with Gasteiger partial charge in [-0.25, -0.2) is 8.42 Å². The fourth-order valence-corrected chi connectivity index (χ4v) is 3.35. The van der Waals surface area contributed by atoms with Gasteiger partial charge in [0, 0.05) is 12.1 Å². The topological polar surface area (TPSA) is 90.3 Å². The highest BCUT2D eigenvalue weighted by Gasteiger charge is 2.20. The molecule has 0 aromatic heterocycles. The van der Waals surface area contributed by atoms with Gasteiger partial charge in [-0.2, -0.15) is 5.26 Å². The molecule has 1 N–H and O–H groups in total. The predicted octanol–water partition coefficient (Wildman–Crippen LogP) is 2.06. The second-order valence-corrected chi connectivity index (χ2v) is 7.50. The number of carbonyl (C=O) groups excluding carboxylic acids is 1. The molecule has 0 saturated carbocycles. The van der Waals surface area contributed by atoms with Crippen molar-refractivity contribution in [1.29, 1.82) is 5.26 Å². The van der Waals surface area contributed by atoms with Crippen LogP contribution in [0.15, 0.2) is 48.5 Å². The molecule has 0 spiro atoms. The molecule has 1 amide bonds. The number of amides is 1. The van der Waals surface area contributed by atoms with Gasteiger partial charge in [0.15, 0.2) is 0 Å². The van der Waals surface area contributed by atoms with Crippen LogP contribution in [0.25, 0.3) is 0 Å². The summed E-state index contributed by atoms with van der Waals surface area (Å²) in [6, 6.07) is 15.6. The third-order valence-corrected chi connectivity index (χ3v) is 4.75. The van der Waals surface area contributed by atoms with Crippen LogP contribution in [0.1, 0.15) is 21.5 Å². The Hall–Kier alpha value is -2.85. The standard InChI is InChI=1S/C18H19N3O3S/c1-14-6-5-8-15(12-14)18(22)20-10-11-21(25(2,23)24)17-9-4-3-7-16(17)13-19/h3-9,12H,10-11H2,1-2H3,(H,20,22). The third kappa shape index (κ3) is 4.81. The molecule has 130 valence electrons. The van der Waals surface area contributed by atoms with Crippen molar-refractivity contribution < 1.29 is 13.2 Å². The summed E-state index contributed by atoms with van der Waals surface area (Å²) in [5.41, 5.74) is 2.05. The highest BCUT2D eigenvalue weighted by molar-refractivity contribution is 7.92. The summed E-state index contributed by atoms with van der Waals surface area (Å²) >= 11 is 0. The number of sulfonamides is 1. The Labute approximate surface area is 147 Å². The summed E-state index contributed by atoms with van der Waals surface area (Å²) in [5.74, 6) is -0.272. The number of hydrogen-bond acceptors (Lipinski definition) is 4. The monoisotopic (exact) mass is 357 g/mol. The van der Waals surface area contributed by atoms with E-state index in [1.807, 2.05) is 19.1 Å². The maximum absolute atomic E-state index is 12.2. The van der Waals surface area contributed by atoms with Crippen molar-refractivity contribution in [2.24, 2.45) is 0 Å². The molecule has 0 aliphatic heterocycles. The molecule has 2 aromatic rings. The number of para-hydroxylation sites is 1. The van der Waals surface area contributed by atoms with E-state index in [0.29, 0.717) is 11.3 Å². The number of rotatable bonds is 6. The molecule has 0 fully saturated rings. The van der Waals surface area contributed by atoms with Crippen LogP contribution >= 0.6 is 0 Å². The van der Waals surface area contributed by atoms with Crippen molar-refractivity contribution in [2.75, 3.05) is 23.7 Å². The smallest absolute Gasteiger partial charge is 0.251 e. The van der Waals surface area contributed by atoms with Crippen molar-refractivity contribution in [2.45, 2.75) is 6.92 Å². The summed E-state index contributed by atoms with van der Waals surface area (Å²) in [4.78, 5) is 12.2. The van der Waals surface area contributed by atoms with Crippen molar-refractivity contribution in [3.05, 3.63) is 65.2 Å². The predicted molar refractivity (Wildman–Crippen MR) is 96.9 cm³/mol. The molecule has 0 unspecified atom stereocenters. The molecule has 7 heteroatoms. The van der Waals surface area contributed by atoms with Gasteiger partial charge in [-0.15, -0.1) is 0 Å². The average molecular weight is 357 g/mol. The number of benzene rings is 2. The van der Waals surface area contributed by atoms with E-state index < -0.39 is 10.0 Å². The zero-order valence-electron chi connectivity index (χ0n) is 14.1. The fourth-order valence-electron chi connectivity index (χ4n) is 2.41. The molecule has 0 aliphatic rings. The van der Waals surface area contributed by atoms with E-state index in [2.05, 4.69) is 5.32 Å². The maximum Gasteiger partial charge on any atom is 0.251 e. The molecule has 0 radical (unpaired) electrons. The van der Waals surface area contributed by atoms with Crippen LogP contribution in [0, 0.1) is 18.3 Å². The summed E-state index contributed by atoms with van der Waals surface area (Å²) in [6.07, 6.45) is 1.07. The first-order valence-corrected chi connectivity index (χ1v) is 9.49. The first-order valence-electron chi connectivity index (χ1n) is 7.64. The lowest BCUT2D eigenvalue weighted by atomic mass is 10.1. The normalized spacial score (nSPS) is 10.8. The van der Waals surface area contributed by atoms with Crippen molar-refractivity contribution in [1.82, 2.24) is 5.32 Å². The Kier molecular flexibility index (Phi) is 5.78. The summed E-state index contributed by atoms with van der Waals surface area (Å²) in [5, 5.41) is 11.9. The van der Waals surface area contributed by atoms with E-state index >= 15 is 0 Å². The van der Waals surface area contributed by atoms with Crippen LogP contribution in [0.4, 0.5) is 5.69 Å². The van der Waals surface area contributed by atoms with Crippen LogP contribution in [-0.4, -0.2) is 33.7 Å². The number of hydrogen-bond donors (Lipinski definition) is 1. The van der Waals surface area contributed by atoms with Gasteiger partial charge < -0.3 is 5.32 Å². The van der Waals surface area contributed by atoms with Gasteiger partial charge in [-0.3, -0.25) is 9.10 Å². The minimum Gasteiger partial charge on any atom is -0.350 e. The minimum atomic E-state index is -3.59. The van der Waals surface area contributed by atoms with E-state index in [-0.39, 0.29) is 24.6 Å². The molecule has 0 atom stereocenters. The van der Waals surface area contributed by atoms with Crippen molar-refractivity contribution >= 4 is 21.6 Å². The zero-order valence-corrected chi connectivity index (χ0v) is 14.9. The molecule has 25 heavy (non-hydrogen) atoms. The first kappa shape index (κ1) is 18.5. The highest BCUT2D eigenvalue weighted by Crippen LogP contribution is 2.21. The van der Waals surface area contributed by atoms with Crippen LogP contribution < -0.4 is 9.62 Å². The van der Waals surface area contributed by atoms with Gasteiger partial charge in [-0.05, 0) is 31.2 Å². The van der Waals surface area contributed by atoms with Gasteiger partial charge in [-0.1, -0.05) is 29.8 Å². The molecule has 0 bridgehead atoms. The Morgan fingerprint density at radius 3 is 2.56 bits per heavy atom. The fraction of sp³-hybridized carbons (Fsp3) is 0.222. The SMILES string of the molecule is Cc1cccc(C(=O)NCCN(c2ccccc2C#N)S(C)(=O)=O)c1. The number of nitriles is 1. The van der Waals surface area contributed by atoms with Crippen molar-refractivity contribution in [3.8, 4) is 6.07 Å². The van der Waals surface area contributed by atoms with E-state index in [1.165, 1.54) is 0 Å². The van der Waals surface area contributed by atoms with E-state index in [4.69, 9.17) is 0 Å². The quantitative estimate of drug-likeness (QED) is 0.857. The number of anilines is 1. The Balaban J connectivity index is 2.12. The molecule has 2 rings (SSSR count). The Bertz CT molecular complexity index is 917. The van der Waals surface area contributed by atoms with Crippen LogP contribution in [0.2, 0.25) is 0 Å². The van der Waals surface area contributed by atoms with Gasteiger partial charge in [0.05, 0.1) is 24.1 Å². The van der Waals surface area contributed by atoms with E-state index in [0.717, 1.165) is 16.1 Å². The number of aryl methyl sites for hydroxylation is 1. The van der Waals surface area contributed by atoms with Gasteiger partial charge in [0.1, 0.15) is 6.07 Å². The number of nitrogens with zero attached hydrogens (tertiary/aromatic N) is 2. The van der Waals surface area contributed by atoms with Crippen LogP contribution in [0.5, 0.6) is 0 Å². The third-order valence-electron chi connectivity index (χ3n) is 3.57. The van der Waals surface area contributed by atoms with Crippen molar-refractivity contribution in [3.63, 3.8) is 0 Å². The first-order chi connectivity index (χ1) is 11.8. The lowest BCUT2D eigenvalue weighted by Gasteiger charge is -2.23. The highest BCUT2D eigenvalue weighted by atomic mass is 32.2. The van der Waals surface area contributed by atoms with E-state index in [1.54, 1.807) is 42.5 Å². The molecule has 6 nitrogen and oxygen atoms in total. The van der Waals surface area contributed by atoms with Gasteiger partial charge in [0.2, 0.25) is 10.0 Å². The Morgan fingerprint density at radius 1 is 1.20 bits per heavy atom.